The number of nitrogens with one attached hydrogen (secondary N) is 2. The van der Waals surface area contributed by atoms with Gasteiger partial charge < -0.3 is 15.4 Å². The van der Waals surface area contributed by atoms with E-state index in [0.717, 1.165) is 25.7 Å². The summed E-state index contributed by atoms with van der Waals surface area (Å²) in [5.41, 5.74) is 0.204. The second-order valence-corrected chi connectivity index (χ2v) is 10.0. The van der Waals surface area contributed by atoms with E-state index in [-0.39, 0.29) is 35.4 Å². The molecular formula is C22H35N3O5S. The number of rotatable bonds is 11. The third-order valence-corrected chi connectivity index (χ3v) is 7.16. The maximum atomic E-state index is 12.9. The van der Waals surface area contributed by atoms with Crippen molar-refractivity contribution in [2.75, 3.05) is 32.8 Å². The van der Waals surface area contributed by atoms with Crippen LogP contribution in [-0.4, -0.2) is 63.4 Å². The Labute approximate surface area is 185 Å². The van der Waals surface area contributed by atoms with E-state index in [4.69, 9.17) is 4.74 Å². The number of hydrogen-bond donors (Lipinski definition) is 2. The minimum absolute atomic E-state index is 0.0588. The molecule has 1 atom stereocenters. The van der Waals surface area contributed by atoms with Gasteiger partial charge in [-0.3, -0.25) is 9.59 Å². The Hall–Kier alpha value is -1.97. The second kappa shape index (κ2) is 12.2. The molecule has 2 N–H and O–H groups in total. The van der Waals surface area contributed by atoms with Gasteiger partial charge >= 0.3 is 0 Å². The number of nitrogens with zero attached hydrogens (tertiary/aromatic N) is 1. The van der Waals surface area contributed by atoms with Gasteiger partial charge in [-0.25, -0.2) is 8.42 Å². The number of benzene rings is 1. The van der Waals surface area contributed by atoms with Crippen molar-refractivity contribution in [3.63, 3.8) is 0 Å². The fraction of sp³-hybridized carbons (Fsp3) is 0.636. The lowest BCUT2D eigenvalue weighted by Gasteiger charge is -2.26. The quantitative estimate of drug-likeness (QED) is 0.500. The molecule has 0 radical (unpaired) electrons. The highest BCUT2D eigenvalue weighted by Gasteiger charge is 2.28. The highest BCUT2D eigenvalue weighted by molar-refractivity contribution is 7.89. The number of sulfonamides is 1. The summed E-state index contributed by atoms with van der Waals surface area (Å²) >= 11 is 0. The molecule has 9 heteroatoms. The van der Waals surface area contributed by atoms with E-state index >= 15 is 0 Å². The Bertz CT molecular complexity index is 835. The summed E-state index contributed by atoms with van der Waals surface area (Å²) < 4.78 is 32.3. The molecule has 1 unspecified atom stereocenters. The van der Waals surface area contributed by atoms with Crippen LogP contribution in [0.5, 0.6) is 0 Å². The van der Waals surface area contributed by atoms with Gasteiger partial charge in [0.05, 0.1) is 18.1 Å². The zero-order valence-electron chi connectivity index (χ0n) is 18.7. The number of morpholine rings is 1. The number of ether oxygens (including phenoxy) is 1. The summed E-state index contributed by atoms with van der Waals surface area (Å²) in [6, 6.07) is 5.23. The molecule has 0 bridgehead atoms. The van der Waals surface area contributed by atoms with Gasteiger partial charge in [0.25, 0.3) is 5.91 Å². The van der Waals surface area contributed by atoms with E-state index in [1.807, 2.05) is 13.8 Å². The van der Waals surface area contributed by atoms with Gasteiger partial charge in [-0.15, -0.1) is 0 Å². The van der Waals surface area contributed by atoms with Crippen LogP contribution < -0.4 is 10.6 Å². The molecule has 1 heterocycles. The molecule has 1 aromatic carbocycles. The van der Waals surface area contributed by atoms with Gasteiger partial charge in [0.2, 0.25) is 15.9 Å². The largest absolute Gasteiger partial charge is 0.379 e. The van der Waals surface area contributed by atoms with Crippen molar-refractivity contribution in [3.05, 3.63) is 29.8 Å². The van der Waals surface area contributed by atoms with Crippen LogP contribution in [0.4, 0.5) is 0 Å². The zero-order chi connectivity index (χ0) is 22.9. The number of amides is 2. The summed E-state index contributed by atoms with van der Waals surface area (Å²) in [5.74, 6) is -0.810. The summed E-state index contributed by atoms with van der Waals surface area (Å²) in [6.45, 7) is 7.70. The molecule has 2 amide bonds. The maximum Gasteiger partial charge on any atom is 0.251 e. The predicted molar refractivity (Wildman–Crippen MR) is 119 cm³/mol. The number of carbonyl (C=O) groups excluding carboxylic acids is 2. The SMILES string of the molecule is CCCCCCNC(=O)C(NC(=O)c1cccc(S(=O)(=O)N2CCOCC2)c1)C(C)C. The van der Waals surface area contributed by atoms with Crippen LogP contribution in [-0.2, 0) is 19.6 Å². The van der Waals surface area contributed by atoms with Crippen molar-refractivity contribution in [2.45, 2.75) is 57.4 Å². The molecular weight excluding hydrogens is 418 g/mol. The molecule has 1 fully saturated rings. The van der Waals surface area contributed by atoms with Crippen molar-refractivity contribution in [1.82, 2.24) is 14.9 Å². The second-order valence-electron chi connectivity index (χ2n) is 8.09. The fourth-order valence-electron chi connectivity index (χ4n) is 3.37. The van der Waals surface area contributed by atoms with Gasteiger partial charge in [-0.05, 0) is 30.5 Å². The number of unbranched alkanes of at least 4 members (excludes halogenated alkanes) is 3. The molecule has 0 aromatic heterocycles. The van der Waals surface area contributed by atoms with E-state index in [0.29, 0.717) is 19.8 Å². The van der Waals surface area contributed by atoms with Crippen LogP contribution in [0.15, 0.2) is 29.2 Å². The molecule has 31 heavy (non-hydrogen) atoms. The Balaban J connectivity index is 2.05. The van der Waals surface area contributed by atoms with Gasteiger partial charge in [0.1, 0.15) is 6.04 Å². The van der Waals surface area contributed by atoms with E-state index in [9.17, 15) is 18.0 Å². The van der Waals surface area contributed by atoms with Crippen LogP contribution in [0.2, 0.25) is 0 Å². The van der Waals surface area contributed by atoms with Crippen molar-refractivity contribution in [1.29, 1.82) is 0 Å². The summed E-state index contributed by atoms with van der Waals surface area (Å²) in [7, 11) is -3.70. The van der Waals surface area contributed by atoms with Crippen LogP contribution in [0.25, 0.3) is 0 Å². The molecule has 2 rings (SSSR count). The maximum absolute atomic E-state index is 12.9. The van der Waals surface area contributed by atoms with E-state index in [2.05, 4.69) is 17.6 Å². The van der Waals surface area contributed by atoms with Crippen LogP contribution in [0, 0.1) is 5.92 Å². The Morgan fingerprint density at radius 2 is 1.84 bits per heavy atom. The lowest BCUT2D eigenvalue weighted by Crippen LogP contribution is -2.49. The highest BCUT2D eigenvalue weighted by atomic mass is 32.2. The first-order valence-corrected chi connectivity index (χ1v) is 12.5. The average molecular weight is 454 g/mol. The van der Waals surface area contributed by atoms with Crippen LogP contribution in [0.1, 0.15) is 56.8 Å². The molecule has 0 aliphatic carbocycles. The Morgan fingerprint density at radius 1 is 1.13 bits per heavy atom. The van der Waals surface area contributed by atoms with Gasteiger partial charge in [0.15, 0.2) is 0 Å². The molecule has 1 aromatic rings. The summed E-state index contributed by atoms with van der Waals surface area (Å²) in [4.78, 5) is 25.5. The molecule has 1 saturated heterocycles. The first kappa shape index (κ1) is 25.3. The van der Waals surface area contributed by atoms with Gasteiger partial charge in [-0.2, -0.15) is 4.31 Å². The van der Waals surface area contributed by atoms with Crippen LogP contribution >= 0.6 is 0 Å². The molecule has 8 nitrogen and oxygen atoms in total. The highest BCUT2D eigenvalue weighted by Crippen LogP contribution is 2.18. The van der Waals surface area contributed by atoms with E-state index in [1.54, 1.807) is 12.1 Å². The Kier molecular flexibility index (Phi) is 9.93. The standard InChI is InChI=1S/C22H35N3O5S/c1-4-5-6-7-11-23-22(27)20(17(2)3)24-21(26)18-9-8-10-19(16-18)31(28,29)25-12-14-30-15-13-25/h8-10,16-17,20H,4-7,11-15H2,1-3H3,(H,23,27)(H,24,26). The van der Waals surface area contributed by atoms with Crippen LogP contribution in [0.3, 0.4) is 0 Å². The van der Waals surface area contributed by atoms with Crippen molar-refractivity contribution in [3.8, 4) is 0 Å². The first-order valence-electron chi connectivity index (χ1n) is 11.0. The number of carbonyl (C=O) groups is 2. The fourth-order valence-corrected chi connectivity index (χ4v) is 4.82. The van der Waals surface area contributed by atoms with Crippen molar-refractivity contribution >= 4 is 21.8 Å². The smallest absolute Gasteiger partial charge is 0.251 e. The number of hydrogen-bond acceptors (Lipinski definition) is 5. The summed E-state index contributed by atoms with van der Waals surface area (Å²) in [5, 5.41) is 5.65. The predicted octanol–water partition coefficient (Wildman–Crippen LogP) is 2.16. The molecule has 0 spiro atoms. The molecule has 0 saturated carbocycles. The van der Waals surface area contributed by atoms with E-state index < -0.39 is 22.0 Å². The molecule has 1 aliphatic heterocycles. The lowest BCUT2D eigenvalue weighted by molar-refractivity contribution is -0.123. The topological polar surface area (TPSA) is 105 Å². The van der Waals surface area contributed by atoms with Gasteiger partial charge in [0, 0.05) is 25.2 Å². The third-order valence-electron chi connectivity index (χ3n) is 5.27. The molecule has 1 aliphatic rings. The van der Waals surface area contributed by atoms with Crippen molar-refractivity contribution in [2.24, 2.45) is 5.92 Å². The monoisotopic (exact) mass is 453 g/mol. The van der Waals surface area contributed by atoms with Gasteiger partial charge in [-0.1, -0.05) is 46.1 Å². The van der Waals surface area contributed by atoms with Crippen molar-refractivity contribution < 1.29 is 22.7 Å². The third kappa shape index (κ3) is 7.29. The minimum Gasteiger partial charge on any atom is -0.379 e. The molecule has 174 valence electrons. The first-order chi connectivity index (χ1) is 14.8. The lowest BCUT2D eigenvalue weighted by atomic mass is 10.0. The average Bonchev–Trinajstić information content (AvgIpc) is 2.77. The summed E-state index contributed by atoms with van der Waals surface area (Å²) in [6.07, 6.45) is 4.21. The zero-order valence-corrected chi connectivity index (χ0v) is 19.5. The van der Waals surface area contributed by atoms with E-state index in [1.165, 1.54) is 16.4 Å². The minimum atomic E-state index is -3.70. The normalized spacial score (nSPS) is 16.1. The Morgan fingerprint density at radius 3 is 2.48 bits per heavy atom.